The second kappa shape index (κ2) is 6.61. The highest BCUT2D eigenvalue weighted by atomic mass is 16.7. The Morgan fingerprint density at radius 3 is 1.48 bits per heavy atom. The summed E-state index contributed by atoms with van der Waals surface area (Å²) in [6.07, 6.45) is 3.03. The monoisotopic (exact) mass is 334 g/mol. The van der Waals surface area contributed by atoms with Crippen LogP contribution in [0.1, 0.15) is 19.3 Å². The second-order valence-corrected chi connectivity index (χ2v) is 6.97. The lowest BCUT2D eigenvalue weighted by atomic mass is 9.79. The molecule has 0 unspecified atom stereocenters. The first-order chi connectivity index (χ1) is 12.4. The molecule has 0 spiro atoms. The molecule has 2 aliphatic heterocycles. The van der Waals surface area contributed by atoms with Crippen molar-refractivity contribution in [3.8, 4) is 0 Å². The highest BCUT2D eigenvalue weighted by Crippen LogP contribution is 2.36. The van der Waals surface area contributed by atoms with Gasteiger partial charge in [-0.1, -0.05) is 60.7 Å². The van der Waals surface area contributed by atoms with Crippen molar-refractivity contribution in [1.82, 2.24) is 0 Å². The number of benzene rings is 2. The Bertz CT molecular complexity index is 652. The third kappa shape index (κ3) is 2.93. The first-order valence-corrected chi connectivity index (χ1v) is 9.10. The Kier molecular flexibility index (Phi) is 4.14. The minimum absolute atomic E-state index is 0.0679. The molecule has 3 fully saturated rings. The SMILES string of the molecule is c1ccc(B2O[C@@H]3[C@H]4OB(c5ccccc5)O[C@H]4CCC[C@@H]3O2)cc1. The summed E-state index contributed by atoms with van der Waals surface area (Å²) < 4.78 is 25.1. The average Bonchev–Trinajstić information content (AvgIpc) is 3.25. The van der Waals surface area contributed by atoms with Crippen LogP contribution in [0.15, 0.2) is 60.7 Å². The zero-order valence-corrected chi connectivity index (χ0v) is 14.0. The van der Waals surface area contributed by atoms with Crippen LogP contribution < -0.4 is 10.9 Å². The summed E-state index contributed by atoms with van der Waals surface area (Å²) in [5.74, 6) is 0. The normalized spacial score (nSPS) is 31.5. The van der Waals surface area contributed by atoms with Gasteiger partial charge in [-0.2, -0.15) is 0 Å². The molecule has 0 N–H and O–H groups in total. The zero-order valence-electron chi connectivity index (χ0n) is 14.0. The van der Waals surface area contributed by atoms with Crippen molar-refractivity contribution >= 4 is 25.2 Å². The van der Waals surface area contributed by atoms with Gasteiger partial charge in [0.15, 0.2) is 0 Å². The molecule has 2 aromatic rings. The van der Waals surface area contributed by atoms with Gasteiger partial charge < -0.3 is 18.6 Å². The highest BCUT2D eigenvalue weighted by Gasteiger charge is 2.53. The first kappa shape index (κ1) is 15.6. The van der Waals surface area contributed by atoms with Crippen LogP contribution in [-0.4, -0.2) is 38.7 Å². The smallest absolute Gasteiger partial charge is 0.402 e. The van der Waals surface area contributed by atoms with Crippen molar-refractivity contribution < 1.29 is 18.6 Å². The van der Waals surface area contributed by atoms with E-state index in [2.05, 4.69) is 0 Å². The molecule has 126 valence electrons. The Morgan fingerprint density at radius 2 is 1.04 bits per heavy atom. The highest BCUT2D eigenvalue weighted by molar-refractivity contribution is 6.62. The number of hydrogen-bond donors (Lipinski definition) is 0. The van der Waals surface area contributed by atoms with Crippen LogP contribution in [0.3, 0.4) is 0 Å². The van der Waals surface area contributed by atoms with Crippen LogP contribution in [0, 0.1) is 0 Å². The Labute approximate surface area is 148 Å². The van der Waals surface area contributed by atoms with Crippen LogP contribution in [0.25, 0.3) is 0 Å². The maximum Gasteiger partial charge on any atom is 0.494 e. The molecule has 0 radical (unpaired) electrons. The quantitative estimate of drug-likeness (QED) is 0.781. The molecule has 4 nitrogen and oxygen atoms in total. The molecule has 1 aliphatic carbocycles. The van der Waals surface area contributed by atoms with E-state index >= 15 is 0 Å². The van der Waals surface area contributed by atoms with E-state index in [0.717, 1.165) is 30.2 Å². The topological polar surface area (TPSA) is 36.9 Å². The zero-order chi connectivity index (χ0) is 16.6. The van der Waals surface area contributed by atoms with Gasteiger partial charge in [-0.05, 0) is 30.2 Å². The molecule has 3 aliphatic rings. The summed E-state index contributed by atoms with van der Waals surface area (Å²) in [6.45, 7) is 0. The lowest BCUT2D eigenvalue weighted by molar-refractivity contribution is 0.0278. The summed E-state index contributed by atoms with van der Waals surface area (Å²) in [4.78, 5) is 0. The molecule has 2 saturated heterocycles. The maximum atomic E-state index is 6.30. The largest absolute Gasteiger partial charge is 0.494 e. The molecule has 2 heterocycles. The Morgan fingerprint density at radius 1 is 0.600 bits per heavy atom. The van der Waals surface area contributed by atoms with E-state index in [4.69, 9.17) is 18.6 Å². The average molecular weight is 334 g/mol. The van der Waals surface area contributed by atoms with Crippen LogP contribution in [-0.2, 0) is 18.6 Å². The van der Waals surface area contributed by atoms with E-state index < -0.39 is 0 Å². The second-order valence-electron chi connectivity index (χ2n) is 6.97. The van der Waals surface area contributed by atoms with Gasteiger partial charge in [0.2, 0.25) is 0 Å². The van der Waals surface area contributed by atoms with Crippen molar-refractivity contribution in [2.24, 2.45) is 0 Å². The van der Waals surface area contributed by atoms with Gasteiger partial charge in [-0.3, -0.25) is 0 Å². The van der Waals surface area contributed by atoms with Gasteiger partial charge in [0, 0.05) is 0 Å². The van der Waals surface area contributed by atoms with Gasteiger partial charge >= 0.3 is 14.2 Å². The third-order valence-electron chi connectivity index (χ3n) is 5.34. The van der Waals surface area contributed by atoms with E-state index in [9.17, 15) is 0 Å². The standard InChI is InChI=1S/C19H20B2O4/c1-3-8-14(9-4-1)20-22-16-12-7-13-17-19(18(16)24-20)25-21(23-17)15-10-5-2-6-11-15/h1-6,8-11,16-19H,7,12-13H2/t16-,17-,18-,19-/m0/s1. The Balaban J connectivity index is 1.37. The van der Waals surface area contributed by atoms with E-state index in [-0.39, 0.29) is 38.7 Å². The molecule has 5 rings (SSSR count). The van der Waals surface area contributed by atoms with Gasteiger partial charge in [0.05, 0.1) is 24.4 Å². The molecule has 2 aromatic carbocycles. The van der Waals surface area contributed by atoms with Gasteiger partial charge in [0.1, 0.15) is 0 Å². The lowest BCUT2D eigenvalue weighted by Gasteiger charge is -2.23. The predicted octanol–water partition coefficient (Wildman–Crippen LogP) is 1.53. The van der Waals surface area contributed by atoms with Crippen LogP contribution in [0.5, 0.6) is 0 Å². The van der Waals surface area contributed by atoms with E-state index in [1.807, 2.05) is 60.7 Å². The van der Waals surface area contributed by atoms with Crippen molar-refractivity contribution in [2.45, 2.75) is 43.7 Å². The van der Waals surface area contributed by atoms with Crippen LogP contribution >= 0.6 is 0 Å². The minimum atomic E-state index is -0.311. The lowest BCUT2D eigenvalue weighted by Crippen LogP contribution is -2.41. The van der Waals surface area contributed by atoms with E-state index in [1.54, 1.807) is 0 Å². The molecule has 25 heavy (non-hydrogen) atoms. The number of fused-ring (bicyclic) bond motifs is 3. The van der Waals surface area contributed by atoms with E-state index in [1.165, 1.54) is 0 Å². The van der Waals surface area contributed by atoms with Crippen molar-refractivity contribution in [2.75, 3.05) is 0 Å². The van der Waals surface area contributed by atoms with Crippen molar-refractivity contribution in [3.05, 3.63) is 60.7 Å². The molecule has 0 aromatic heterocycles. The fourth-order valence-electron chi connectivity index (χ4n) is 4.09. The van der Waals surface area contributed by atoms with Crippen molar-refractivity contribution in [1.29, 1.82) is 0 Å². The van der Waals surface area contributed by atoms with Crippen LogP contribution in [0.2, 0.25) is 0 Å². The molecule has 6 heteroatoms. The fraction of sp³-hybridized carbons (Fsp3) is 0.368. The summed E-state index contributed by atoms with van der Waals surface area (Å²) in [5.41, 5.74) is 2.12. The van der Waals surface area contributed by atoms with Crippen LogP contribution in [0.4, 0.5) is 0 Å². The molecule has 0 amide bonds. The number of hydrogen-bond acceptors (Lipinski definition) is 4. The van der Waals surface area contributed by atoms with Gasteiger partial charge in [0.25, 0.3) is 0 Å². The van der Waals surface area contributed by atoms with Crippen molar-refractivity contribution in [3.63, 3.8) is 0 Å². The summed E-state index contributed by atoms with van der Waals surface area (Å²) in [7, 11) is -0.622. The predicted molar refractivity (Wildman–Crippen MR) is 97.0 cm³/mol. The molecule has 0 bridgehead atoms. The Hall–Kier alpha value is -1.59. The molecule has 4 atom stereocenters. The molecule has 1 saturated carbocycles. The summed E-state index contributed by atoms with van der Waals surface area (Å²) in [6, 6.07) is 20.3. The van der Waals surface area contributed by atoms with Gasteiger partial charge in [-0.25, -0.2) is 0 Å². The minimum Gasteiger partial charge on any atom is -0.402 e. The fourth-order valence-corrected chi connectivity index (χ4v) is 4.09. The number of rotatable bonds is 2. The molecular formula is C19H20B2O4. The molecular weight excluding hydrogens is 314 g/mol. The summed E-state index contributed by atoms with van der Waals surface area (Å²) >= 11 is 0. The first-order valence-electron chi connectivity index (χ1n) is 9.10. The summed E-state index contributed by atoms with van der Waals surface area (Å²) in [5, 5.41) is 0. The maximum absolute atomic E-state index is 6.30. The van der Waals surface area contributed by atoms with Gasteiger partial charge in [-0.15, -0.1) is 0 Å². The third-order valence-corrected chi connectivity index (χ3v) is 5.34. The van der Waals surface area contributed by atoms with E-state index in [0.29, 0.717) is 0 Å².